The van der Waals surface area contributed by atoms with Crippen molar-refractivity contribution in [3.8, 4) is 0 Å². The summed E-state index contributed by atoms with van der Waals surface area (Å²) in [5, 5.41) is 3.38. The second kappa shape index (κ2) is 14.0. The predicted molar refractivity (Wildman–Crippen MR) is 166 cm³/mol. The molecule has 0 aromatic heterocycles. The van der Waals surface area contributed by atoms with Gasteiger partial charge in [0.25, 0.3) is 10.0 Å². The van der Waals surface area contributed by atoms with Gasteiger partial charge in [0.2, 0.25) is 11.8 Å². The Bertz CT molecular complexity index is 1460. The van der Waals surface area contributed by atoms with Gasteiger partial charge in [0, 0.05) is 17.6 Å². The van der Waals surface area contributed by atoms with Crippen LogP contribution in [-0.2, 0) is 26.2 Å². The lowest BCUT2D eigenvalue weighted by molar-refractivity contribution is -0.140. The number of rotatable bonds is 12. The van der Waals surface area contributed by atoms with E-state index in [2.05, 4.69) is 5.32 Å². The lowest BCUT2D eigenvalue weighted by atomic mass is 10.1. The summed E-state index contributed by atoms with van der Waals surface area (Å²) in [5.41, 5.74) is 3.65. The van der Waals surface area contributed by atoms with Crippen LogP contribution in [0.4, 0.5) is 5.69 Å². The largest absolute Gasteiger partial charge is 0.352 e. The average Bonchev–Trinajstić information content (AvgIpc) is 2.94. The molecule has 2 unspecified atom stereocenters. The Balaban J connectivity index is 2.10. The van der Waals surface area contributed by atoms with Crippen LogP contribution in [0, 0.1) is 20.8 Å². The number of carbonyl (C=O) groups is 2. The number of carbonyl (C=O) groups excluding carboxylic acids is 2. The van der Waals surface area contributed by atoms with Crippen molar-refractivity contribution in [1.29, 1.82) is 0 Å². The van der Waals surface area contributed by atoms with Gasteiger partial charge in [-0.1, -0.05) is 79.0 Å². The van der Waals surface area contributed by atoms with E-state index in [4.69, 9.17) is 11.6 Å². The highest BCUT2D eigenvalue weighted by atomic mass is 35.5. The molecule has 9 heteroatoms. The zero-order chi connectivity index (χ0) is 30.3. The normalized spacial score (nSPS) is 12.9. The Labute approximate surface area is 249 Å². The number of halogens is 1. The third-order valence-electron chi connectivity index (χ3n) is 7.26. The zero-order valence-corrected chi connectivity index (χ0v) is 26.2. The van der Waals surface area contributed by atoms with E-state index < -0.39 is 28.5 Å². The maximum atomic E-state index is 14.2. The lowest BCUT2D eigenvalue weighted by Crippen LogP contribution is -2.53. The molecule has 220 valence electrons. The van der Waals surface area contributed by atoms with Crippen LogP contribution in [0.2, 0.25) is 5.02 Å². The Kier molecular flexibility index (Phi) is 11.0. The van der Waals surface area contributed by atoms with Crippen LogP contribution in [0.5, 0.6) is 0 Å². The minimum atomic E-state index is -4.17. The Morgan fingerprint density at radius 2 is 1.46 bits per heavy atom. The molecule has 0 aliphatic rings. The minimum absolute atomic E-state index is 0.0573. The van der Waals surface area contributed by atoms with Gasteiger partial charge in [0.1, 0.15) is 12.6 Å². The van der Waals surface area contributed by atoms with Crippen LogP contribution in [-0.4, -0.2) is 43.8 Å². The van der Waals surface area contributed by atoms with Gasteiger partial charge >= 0.3 is 0 Å². The van der Waals surface area contributed by atoms with Crippen LogP contribution in [0.15, 0.2) is 71.6 Å². The number of anilines is 1. The summed E-state index contributed by atoms with van der Waals surface area (Å²) in [5.74, 6) is -0.763. The first kappa shape index (κ1) is 32.2. The molecule has 0 bridgehead atoms. The van der Waals surface area contributed by atoms with Gasteiger partial charge in [-0.25, -0.2) is 8.42 Å². The van der Waals surface area contributed by atoms with Crippen molar-refractivity contribution in [3.05, 3.63) is 94.0 Å². The molecule has 0 radical (unpaired) electrons. The summed E-state index contributed by atoms with van der Waals surface area (Å²) in [6, 6.07) is 18.3. The number of aryl methyl sites for hydroxylation is 2. The fourth-order valence-electron chi connectivity index (χ4n) is 4.47. The number of benzene rings is 3. The van der Waals surface area contributed by atoms with Gasteiger partial charge in [-0.2, -0.15) is 0 Å². The van der Waals surface area contributed by atoms with Gasteiger partial charge in [0.05, 0.1) is 10.6 Å². The molecule has 7 nitrogen and oxygen atoms in total. The highest BCUT2D eigenvalue weighted by Gasteiger charge is 2.34. The van der Waals surface area contributed by atoms with Crippen molar-refractivity contribution in [3.63, 3.8) is 0 Å². The fourth-order valence-corrected chi connectivity index (χ4v) is 6.11. The van der Waals surface area contributed by atoms with E-state index in [0.717, 1.165) is 27.4 Å². The van der Waals surface area contributed by atoms with E-state index >= 15 is 0 Å². The van der Waals surface area contributed by atoms with E-state index in [1.165, 1.54) is 17.0 Å². The van der Waals surface area contributed by atoms with E-state index in [-0.39, 0.29) is 23.4 Å². The molecule has 0 spiro atoms. The van der Waals surface area contributed by atoms with Crippen LogP contribution in [0.1, 0.15) is 55.9 Å². The first-order valence-corrected chi connectivity index (χ1v) is 15.7. The predicted octanol–water partition coefficient (Wildman–Crippen LogP) is 6.18. The van der Waals surface area contributed by atoms with Crippen molar-refractivity contribution in [2.24, 2.45) is 0 Å². The third kappa shape index (κ3) is 7.89. The molecule has 2 atom stereocenters. The molecular formula is C32H40ClN3O4S. The first-order chi connectivity index (χ1) is 19.4. The molecule has 41 heavy (non-hydrogen) atoms. The molecule has 2 amide bonds. The summed E-state index contributed by atoms with van der Waals surface area (Å²) in [6.45, 7) is 10.9. The van der Waals surface area contributed by atoms with Crippen LogP contribution in [0.25, 0.3) is 0 Å². The number of sulfonamides is 1. The van der Waals surface area contributed by atoms with Gasteiger partial charge < -0.3 is 10.2 Å². The smallest absolute Gasteiger partial charge is 0.264 e. The topological polar surface area (TPSA) is 86.8 Å². The van der Waals surface area contributed by atoms with Crippen LogP contribution >= 0.6 is 11.6 Å². The summed E-state index contributed by atoms with van der Waals surface area (Å²) >= 11 is 6.40. The van der Waals surface area contributed by atoms with Gasteiger partial charge in [-0.3, -0.25) is 13.9 Å². The first-order valence-electron chi connectivity index (χ1n) is 13.9. The van der Waals surface area contributed by atoms with Crippen molar-refractivity contribution in [2.75, 3.05) is 10.8 Å². The van der Waals surface area contributed by atoms with Crippen molar-refractivity contribution in [2.45, 2.75) is 77.9 Å². The van der Waals surface area contributed by atoms with Crippen molar-refractivity contribution >= 4 is 39.1 Å². The number of hydrogen-bond acceptors (Lipinski definition) is 4. The number of nitrogens with one attached hydrogen (secondary N) is 1. The summed E-state index contributed by atoms with van der Waals surface area (Å²) < 4.78 is 29.2. The second-order valence-corrected chi connectivity index (χ2v) is 12.7. The highest BCUT2D eigenvalue weighted by molar-refractivity contribution is 7.92. The molecule has 3 aromatic carbocycles. The van der Waals surface area contributed by atoms with E-state index in [1.807, 2.05) is 58.9 Å². The van der Waals surface area contributed by atoms with Gasteiger partial charge in [-0.15, -0.1) is 0 Å². The summed E-state index contributed by atoms with van der Waals surface area (Å²) in [6.07, 6.45) is 1.10. The third-order valence-corrected chi connectivity index (χ3v) is 9.44. The molecule has 0 saturated heterocycles. The average molecular weight is 598 g/mol. The van der Waals surface area contributed by atoms with Gasteiger partial charge in [0.15, 0.2) is 0 Å². The molecule has 0 aliphatic carbocycles. The number of hydrogen-bond donors (Lipinski definition) is 1. The standard InChI is InChI=1S/C32H40ClN3O4S/c1-7-24(5)34-32(38)29(8-2)35(20-26-16-12-22(3)13-17-26)31(37)21-36(30-11-9-10-28(33)25(30)6)41(39,40)27-18-14-23(4)15-19-27/h9-19,24,29H,7-8,20-21H2,1-6H3,(H,34,38). The monoisotopic (exact) mass is 597 g/mol. The molecule has 0 heterocycles. The highest BCUT2D eigenvalue weighted by Crippen LogP contribution is 2.31. The zero-order valence-electron chi connectivity index (χ0n) is 24.6. The van der Waals surface area contributed by atoms with Crippen molar-refractivity contribution < 1.29 is 18.0 Å². The van der Waals surface area contributed by atoms with Gasteiger partial charge in [-0.05, 0) is 75.9 Å². The SMILES string of the molecule is CCC(C)NC(=O)C(CC)N(Cc1ccc(C)cc1)C(=O)CN(c1cccc(Cl)c1C)S(=O)(=O)c1ccc(C)cc1. The molecule has 1 N–H and O–H groups in total. The Hall–Kier alpha value is -3.36. The van der Waals surface area contributed by atoms with E-state index in [9.17, 15) is 18.0 Å². The molecule has 0 fully saturated rings. The van der Waals surface area contributed by atoms with E-state index in [1.54, 1.807) is 37.3 Å². The molecule has 3 rings (SSSR count). The Morgan fingerprint density at radius 3 is 2.02 bits per heavy atom. The lowest BCUT2D eigenvalue weighted by Gasteiger charge is -2.34. The second-order valence-electron chi connectivity index (χ2n) is 10.5. The number of amides is 2. The molecule has 3 aromatic rings. The van der Waals surface area contributed by atoms with E-state index in [0.29, 0.717) is 22.7 Å². The van der Waals surface area contributed by atoms with Crippen LogP contribution in [0.3, 0.4) is 0 Å². The fraction of sp³-hybridized carbons (Fsp3) is 0.375. The maximum Gasteiger partial charge on any atom is 0.264 e. The minimum Gasteiger partial charge on any atom is -0.352 e. The molecule has 0 aliphatic heterocycles. The van der Waals surface area contributed by atoms with Crippen LogP contribution < -0.4 is 9.62 Å². The van der Waals surface area contributed by atoms with Crippen molar-refractivity contribution in [1.82, 2.24) is 10.2 Å². The molecule has 0 saturated carbocycles. The molecular weight excluding hydrogens is 558 g/mol. The maximum absolute atomic E-state index is 14.2. The quantitative estimate of drug-likeness (QED) is 0.270. The Morgan fingerprint density at radius 1 is 0.878 bits per heavy atom. The summed E-state index contributed by atoms with van der Waals surface area (Å²) in [4.78, 5) is 29.1. The summed E-state index contributed by atoms with van der Waals surface area (Å²) in [7, 11) is -4.17. The number of nitrogens with zero attached hydrogens (tertiary/aromatic N) is 2.